The monoisotopic (exact) mass is 564 g/mol. The highest BCUT2D eigenvalue weighted by atomic mass is 32.2. The zero-order valence-corrected chi connectivity index (χ0v) is 24.7. The highest BCUT2D eigenvalue weighted by molar-refractivity contribution is 7.89. The number of unbranched alkanes of at least 4 members (excludes halogenated alkanes) is 2. The van der Waals surface area contributed by atoms with Gasteiger partial charge in [0.05, 0.1) is 27.4 Å². The first kappa shape index (κ1) is 28.9. The normalized spacial score (nSPS) is 11.8. The number of anilines is 1. The Bertz CT molecular complexity index is 1510. The predicted octanol–water partition coefficient (Wildman–Crippen LogP) is 6.75. The molecular formula is C30H36N4O3S2. The number of nitrogens with zero attached hydrogens (tertiary/aromatic N) is 4. The topological polar surface area (TPSA) is 83.5 Å². The molecule has 2 heterocycles. The maximum Gasteiger partial charge on any atom is 0.260 e. The van der Waals surface area contributed by atoms with Crippen LogP contribution in [0.25, 0.3) is 10.2 Å². The minimum Gasteiger partial charge on any atom is -0.278 e. The predicted molar refractivity (Wildman–Crippen MR) is 159 cm³/mol. The van der Waals surface area contributed by atoms with E-state index in [4.69, 9.17) is 4.98 Å². The second kappa shape index (κ2) is 12.8. The molecule has 2 aromatic heterocycles. The third-order valence-electron chi connectivity index (χ3n) is 6.59. The zero-order chi connectivity index (χ0) is 28.0. The van der Waals surface area contributed by atoms with Gasteiger partial charge in [0.2, 0.25) is 10.0 Å². The highest BCUT2D eigenvalue weighted by Crippen LogP contribution is 2.33. The van der Waals surface area contributed by atoms with Gasteiger partial charge in [-0.15, -0.1) is 0 Å². The molecule has 0 radical (unpaired) electrons. The number of carbonyl (C=O) groups excluding carboxylic acids is 1. The van der Waals surface area contributed by atoms with E-state index < -0.39 is 10.0 Å². The van der Waals surface area contributed by atoms with Gasteiger partial charge in [-0.2, -0.15) is 4.31 Å². The molecule has 9 heteroatoms. The Morgan fingerprint density at radius 2 is 1.64 bits per heavy atom. The van der Waals surface area contributed by atoms with Gasteiger partial charge in [-0.25, -0.2) is 13.4 Å². The molecule has 0 saturated carbocycles. The molecule has 0 saturated heterocycles. The number of hydrogen-bond acceptors (Lipinski definition) is 6. The van der Waals surface area contributed by atoms with Crippen LogP contribution in [0.15, 0.2) is 65.7 Å². The van der Waals surface area contributed by atoms with Crippen molar-refractivity contribution < 1.29 is 13.2 Å². The third-order valence-corrected chi connectivity index (χ3v) is 9.73. The van der Waals surface area contributed by atoms with Crippen molar-refractivity contribution in [3.05, 3.63) is 83.2 Å². The van der Waals surface area contributed by atoms with Gasteiger partial charge in [-0.1, -0.05) is 50.2 Å². The van der Waals surface area contributed by atoms with Gasteiger partial charge >= 0.3 is 0 Å². The maximum absolute atomic E-state index is 13.9. The Balaban J connectivity index is 1.67. The lowest BCUT2D eigenvalue weighted by molar-refractivity contribution is 0.0984. The van der Waals surface area contributed by atoms with Crippen LogP contribution in [0.2, 0.25) is 0 Å². The minimum atomic E-state index is -3.65. The Kier molecular flexibility index (Phi) is 9.48. The molecule has 4 rings (SSSR count). The number of rotatable bonds is 12. The minimum absolute atomic E-state index is 0.202. The van der Waals surface area contributed by atoms with Crippen LogP contribution in [0, 0.1) is 13.8 Å². The van der Waals surface area contributed by atoms with Crippen LogP contribution in [0.5, 0.6) is 0 Å². The first-order valence-electron chi connectivity index (χ1n) is 13.4. The lowest BCUT2D eigenvalue weighted by atomic mass is 10.1. The summed E-state index contributed by atoms with van der Waals surface area (Å²) in [5, 5.41) is 0.580. The number of amides is 1. The van der Waals surface area contributed by atoms with E-state index in [1.165, 1.54) is 23.5 Å². The average molecular weight is 565 g/mol. The van der Waals surface area contributed by atoms with Gasteiger partial charge in [0, 0.05) is 24.8 Å². The van der Waals surface area contributed by atoms with Crippen molar-refractivity contribution in [3.63, 3.8) is 0 Å². The van der Waals surface area contributed by atoms with Gasteiger partial charge in [0.1, 0.15) is 0 Å². The molecule has 206 valence electrons. The average Bonchev–Trinajstić information content (AvgIpc) is 3.36. The first-order chi connectivity index (χ1) is 18.7. The lowest BCUT2D eigenvalue weighted by Crippen LogP contribution is -2.33. The van der Waals surface area contributed by atoms with Crippen molar-refractivity contribution in [1.29, 1.82) is 0 Å². The second-order valence-electron chi connectivity index (χ2n) is 9.77. The molecule has 0 fully saturated rings. The maximum atomic E-state index is 13.9. The van der Waals surface area contributed by atoms with Gasteiger partial charge in [-0.05, 0) is 80.3 Å². The molecule has 0 atom stereocenters. The number of aromatic nitrogens is 2. The van der Waals surface area contributed by atoms with Crippen molar-refractivity contribution in [2.75, 3.05) is 18.0 Å². The number of fused-ring (bicyclic) bond motifs is 1. The standard InChI is InChI=1S/C30H36N4O3S2/c1-5-7-17-33(18-8-6-2)39(36,37)26-14-12-24(13-15-26)29(35)34(21-25-11-9-10-16-31-25)30-32-27-20-22(3)19-23(4)28(27)38-30/h9-16,19-20H,5-8,17-18,21H2,1-4H3. The quantitative estimate of drug-likeness (QED) is 0.190. The van der Waals surface area contributed by atoms with Crippen LogP contribution in [0.4, 0.5) is 5.13 Å². The van der Waals surface area contributed by atoms with E-state index in [9.17, 15) is 13.2 Å². The number of thiazole rings is 1. The van der Waals surface area contributed by atoms with E-state index in [0.717, 1.165) is 52.7 Å². The van der Waals surface area contributed by atoms with E-state index in [1.807, 2.05) is 38.1 Å². The van der Waals surface area contributed by atoms with E-state index in [1.54, 1.807) is 27.5 Å². The van der Waals surface area contributed by atoms with E-state index >= 15 is 0 Å². The fourth-order valence-electron chi connectivity index (χ4n) is 4.46. The summed E-state index contributed by atoms with van der Waals surface area (Å²) in [4.78, 5) is 24.9. The van der Waals surface area contributed by atoms with Gasteiger partial charge in [-0.3, -0.25) is 14.7 Å². The summed E-state index contributed by atoms with van der Waals surface area (Å²) >= 11 is 1.47. The first-order valence-corrected chi connectivity index (χ1v) is 15.7. The molecule has 7 nitrogen and oxygen atoms in total. The molecule has 0 aliphatic carbocycles. The Morgan fingerprint density at radius 1 is 0.949 bits per heavy atom. The Hall–Kier alpha value is -3.14. The zero-order valence-electron chi connectivity index (χ0n) is 23.1. The Morgan fingerprint density at radius 3 is 2.26 bits per heavy atom. The molecule has 4 aromatic rings. The molecule has 0 unspecified atom stereocenters. The summed E-state index contributed by atoms with van der Waals surface area (Å²) in [5.74, 6) is -0.258. The number of benzene rings is 2. The molecular weight excluding hydrogens is 528 g/mol. The van der Waals surface area contributed by atoms with Crippen molar-refractivity contribution >= 4 is 42.6 Å². The molecule has 2 aromatic carbocycles. The number of aryl methyl sites for hydroxylation is 2. The van der Waals surface area contributed by atoms with Crippen molar-refractivity contribution in [3.8, 4) is 0 Å². The van der Waals surface area contributed by atoms with Crippen LogP contribution < -0.4 is 4.90 Å². The number of hydrogen-bond donors (Lipinski definition) is 0. The van der Waals surface area contributed by atoms with Gasteiger partial charge < -0.3 is 0 Å². The molecule has 0 bridgehead atoms. The van der Waals surface area contributed by atoms with Crippen LogP contribution in [-0.4, -0.2) is 41.7 Å². The van der Waals surface area contributed by atoms with Crippen molar-refractivity contribution in [2.45, 2.75) is 64.8 Å². The number of sulfonamides is 1. The van der Waals surface area contributed by atoms with Crippen molar-refractivity contribution in [2.24, 2.45) is 0 Å². The molecule has 39 heavy (non-hydrogen) atoms. The summed E-state index contributed by atoms with van der Waals surface area (Å²) in [5.41, 5.74) is 4.21. The number of carbonyl (C=O) groups is 1. The lowest BCUT2D eigenvalue weighted by Gasteiger charge is -2.22. The van der Waals surface area contributed by atoms with E-state index in [2.05, 4.69) is 24.9 Å². The van der Waals surface area contributed by atoms with E-state index in [0.29, 0.717) is 23.8 Å². The smallest absolute Gasteiger partial charge is 0.260 e. The van der Waals surface area contributed by atoms with Crippen LogP contribution >= 0.6 is 11.3 Å². The fourth-order valence-corrected chi connectivity index (χ4v) is 6.99. The number of pyridine rings is 1. The molecule has 0 aliphatic heterocycles. The summed E-state index contributed by atoms with van der Waals surface area (Å²) in [6.07, 6.45) is 5.16. The van der Waals surface area contributed by atoms with Crippen LogP contribution in [0.1, 0.15) is 66.7 Å². The largest absolute Gasteiger partial charge is 0.278 e. The van der Waals surface area contributed by atoms with Crippen molar-refractivity contribution in [1.82, 2.24) is 14.3 Å². The van der Waals surface area contributed by atoms with E-state index in [-0.39, 0.29) is 17.3 Å². The molecule has 0 N–H and O–H groups in total. The van der Waals surface area contributed by atoms with Gasteiger partial charge in [0.15, 0.2) is 5.13 Å². The SMILES string of the molecule is CCCCN(CCCC)S(=O)(=O)c1ccc(C(=O)N(Cc2ccccn2)c2nc3cc(C)cc(C)c3s2)cc1. The fraction of sp³-hybridized carbons (Fsp3) is 0.367. The summed E-state index contributed by atoms with van der Waals surface area (Å²) < 4.78 is 29.4. The summed E-state index contributed by atoms with van der Waals surface area (Å²) in [7, 11) is -3.65. The summed E-state index contributed by atoms with van der Waals surface area (Å²) in [6.45, 7) is 9.42. The third kappa shape index (κ3) is 6.72. The molecule has 1 amide bonds. The second-order valence-corrected chi connectivity index (χ2v) is 12.7. The van der Waals surface area contributed by atoms with Crippen LogP contribution in [0.3, 0.4) is 0 Å². The Labute approximate surface area is 235 Å². The molecule has 0 aliphatic rings. The highest BCUT2D eigenvalue weighted by Gasteiger charge is 2.26. The summed E-state index contributed by atoms with van der Waals surface area (Å²) in [6, 6.07) is 16.0. The molecule has 0 spiro atoms. The van der Waals surface area contributed by atoms with Crippen LogP contribution in [-0.2, 0) is 16.6 Å². The van der Waals surface area contributed by atoms with Gasteiger partial charge in [0.25, 0.3) is 5.91 Å².